The summed E-state index contributed by atoms with van der Waals surface area (Å²) in [6.45, 7) is 2.07. The maximum atomic E-state index is 12.4. The predicted molar refractivity (Wildman–Crippen MR) is 86.1 cm³/mol. The quantitative estimate of drug-likeness (QED) is 0.888. The topological polar surface area (TPSA) is 68.0 Å². The number of hydrogen-bond acceptors (Lipinski definition) is 4. The number of nitrogen functional groups attached to an aromatic ring is 1. The normalized spacial score (nSPS) is 12.3. The zero-order valence-electron chi connectivity index (χ0n) is 11.7. The number of nitrogens with two attached hydrogens (primary N) is 1. The van der Waals surface area contributed by atoms with Gasteiger partial charge in [0.05, 0.1) is 5.56 Å². The summed E-state index contributed by atoms with van der Waals surface area (Å²) in [4.78, 5) is 16.5. The van der Waals surface area contributed by atoms with Crippen LogP contribution in [-0.2, 0) is 0 Å². The number of hydrogen-bond donors (Lipinski definition) is 2. The molecule has 0 radical (unpaired) electrons. The number of rotatable bonds is 5. The van der Waals surface area contributed by atoms with Crippen molar-refractivity contribution in [3.05, 3.63) is 36.0 Å². The van der Waals surface area contributed by atoms with E-state index < -0.39 is 0 Å². The molecule has 5 heteroatoms. The lowest BCUT2D eigenvalue weighted by atomic mass is 10.1. The highest BCUT2D eigenvalue weighted by Gasteiger charge is 2.15. The fraction of sp³-hybridized carbons (Fsp3) is 0.333. The molecular weight excluding hydrogens is 270 g/mol. The molecule has 1 aromatic carbocycles. The Hall–Kier alpha value is -1.75. The molecule has 1 aromatic heterocycles. The van der Waals surface area contributed by atoms with E-state index in [0.717, 1.165) is 22.9 Å². The predicted octanol–water partition coefficient (Wildman–Crippen LogP) is 2.69. The number of anilines is 1. The summed E-state index contributed by atoms with van der Waals surface area (Å²) < 4.78 is 0. The number of thioether (sulfide) groups is 1. The Kier molecular flexibility index (Phi) is 4.84. The SMILES string of the molecule is CCC(CSC)NC(=O)c1cnc(N)c2ccccc12. The smallest absolute Gasteiger partial charge is 0.253 e. The summed E-state index contributed by atoms with van der Waals surface area (Å²) in [7, 11) is 0. The van der Waals surface area contributed by atoms with Crippen LogP contribution in [0.5, 0.6) is 0 Å². The fourth-order valence-electron chi connectivity index (χ4n) is 2.12. The lowest BCUT2D eigenvalue weighted by molar-refractivity contribution is 0.0941. The van der Waals surface area contributed by atoms with Gasteiger partial charge >= 0.3 is 0 Å². The van der Waals surface area contributed by atoms with Gasteiger partial charge in [0.1, 0.15) is 5.82 Å². The standard InChI is InChI=1S/C15H19N3OS/c1-3-10(9-20-2)18-15(19)13-8-17-14(16)12-7-5-4-6-11(12)13/h4-8,10H,3,9H2,1-2H3,(H2,16,17)(H,18,19). The van der Waals surface area contributed by atoms with Crippen LogP contribution in [0.1, 0.15) is 23.7 Å². The second-order valence-electron chi connectivity index (χ2n) is 4.64. The van der Waals surface area contributed by atoms with E-state index in [1.165, 1.54) is 0 Å². The van der Waals surface area contributed by atoms with Crippen molar-refractivity contribution in [3.8, 4) is 0 Å². The Balaban J connectivity index is 2.33. The molecule has 3 N–H and O–H groups in total. The minimum atomic E-state index is -0.0883. The maximum absolute atomic E-state index is 12.4. The molecule has 0 saturated carbocycles. The van der Waals surface area contributed by atoms with E-state index >= 15 is 0 Å². The number of pyridine rings is 1. The van der Waals surface area contributed by atoms with E-state index in [0.29, 0.717) is 11.4 Å². The number of nitrogens with zero attached hydrogens (tertiary/aromatic N) is 1. The lowest BCUT2D eigenvalue weighted by Gasteiger charge is -2.16. The second kappa shape index (κ2) is 6.61. The van der Waals surface area contributed by atoms with E-state index in [-0.39, 0.29) is 11.9 Å². The number of nitrogens with one attached hydrogen (secondary N) is 1. The molecule has 0 saturated heterocycles. The lowest BCUT2D eigenvalue weighted by Crippen LogP contribution is -2.36. The van der Waals surface area contributed by atoms with Crippen LogP contribution < -0.4 is 11.1 Å². The van der Waals surface area contributed by atoms with E-state index in [2.05, 4.69) is 17.2 Å². The highest BCUT2D eigenvalue weighted by Crippen LogP contribution is 2.22. The first kappa shape index (κ1) is 14.7. The summed E-state index contributed by atoms with van der Waals surface area (Å²) in [5, 5.41) is 4.72. The average molecular weight is 289 g/mol. The molecule has 0 aliphatic heterocycles. The van der Waals surface area contributed by atoms with Crippen molar-refractivity contribution in [1.82, 2.24) is 10.3 Å². The number of aromatic nitrogens is 1. The third kappa shape index (κ3) is 3.04. The van der Waals surface area contributed by atoms with Gasteiger partial charge in [-0.25, -0.2) is 4.98 Å². The molecule has 0 fully saturated rings. The van der Waals surface area contributed by atoms with Crippen LogP contribution in [0, 0.1) is 0 Å². The van der Waals surface area contributed by atoms with Crippen molar-refractivity contribution < 1.29 is 4.79 Å². The van der Waals surface area contributed by atoms with Gasteiger partial charge in [-0.2, -0.15) is 11.8 Å². The van der Waals surface area contributed by atoms with Crippen molar-refractivity contribution in [2.24, 2.45) is 0 Å². The minimum absolute atomic E-state index is 0.0883. The van der Waals surface area contributed by atoms with Crippen LogP contribution in [0.15, 0.2) is 30.5 Å². The van der Waals surface area contributed by atoms with Gasteiger partial charge in [0.2, 0.25) is 0 Å². The van der Waals surface area contributed by atoms with Crippen molar-refractivity contribution in [2.45, 2.75) is 19.4 Å². The Morgan fingerprint density at radius 3 is 2.75 bits per heavy atom. The first-order chi connectivity index (χ1) is 9.67. The van der Waals surface area contributed by atoms with E-state index in [9.17, 15) is 4.79 Å². The molecule has 2 aromatic rings. The number of carbonyl (C=O) groups is 1. The van der Waals surface area contributed by atoms with Crippen molar-refractivity contribution in [2.75, 3.05) is 17.7 Å². The van der Waals surface area contributed by atoms with Crippen LogP contribution in [0.3, 0.4) is 0 Å². The van der Waals surface area contributed by atoms with Crippen LogP contribution in [0.25, 0.3) is 10.8 Å². The van der Waals surface area contributed by atoms with E-state index in [1.54, 1.807) is 18.0 Å². The van der Waals surface area contributed by atoms with Gasteiger partial charge in [-0.05, 0) is 18.1 Å². The molecule has 2 rings (SSSR count). The molecule has 1 atom stereocenters. The zero-order valence-corrected chi connectivity index (χ0v) is 12.5. The monoisotopic (exact) mass is 289 g/mol. The molecular formula is C15H19N3OS. The Labute approximate surface area is 123 Å². The zero-order chi connectivity index (χ0) is 14.5. The summed E-state index contributed by atoms with van der Waals surface area (Å²) in [6.07, 6.45) is 4.50. The Bertz CT molecular complexity index is 615. The van der Waals surface area contributed by atoms with Crippen LogP contribution in [-0.4, -0.2) is 28.9 Å². The maximum Gasteiger partial charge on any atom is 0.253 e. The second-order valence-corrected chi connectivity index (χ2v) is 5.55. The average Bonchev–Trinajstić information content (AvgIpc) is 2.47. The molecule has 4 nitrogen and oxygen atoms in total. The third-order valence-electron chi connectivity index (χ3n) is 3.27. The molecule has 0 bridgehead atoms. The number of carbonyl (C=O) groups excluding carboxylic acids is 1. The molecule has 1 unspecified atom stereocenters. The summed E-state index contributed by atoms with van der Waals surface area (Å²) >= 11 is 1.73. The number of fused-ring (bicyclic) bond motifs is 1. The van der Waals surface area contributed by atoms with Gasteiger partial charge in [-0.1, -0.05) is 31.2 Å². The van der Waals surface area contributed by atoms with Crippen LogP contribution in [0.2, 0.25) is 0 Å². The van der Waals surface area contributed by atoms with Crippen LogP contribution in [0.4, 0.5) is 5.82 Å². The molecule has 0 aliphatic rings. The Morgan fingerprint density at radius 2 is 2.10 bits per heavy atom. The molecule has 0 spiro atoms. The molecule has 1 amide bonds. The summed E-state index contributed by atoms with van der Waals surface area (Å²) in [5.41, 5.74) is 6.43. The minimum Gasteiger partial charge on any atom is -0.383 e. The molecule has 106 valence electrons. The van der Waals surface area contributed by atoms with Gasteiger partial charge in [-0.3, -0.25) is 4.79 Å². The first-order valence-corrected chi connectivity index (χ1v) is 7.99. The van der Waals surface area contributed by atoms with E-state index in [4.69, 9.17) is 5.73 Å². The number of benzene rings is 1. The fourth-order valence-corrected chi connectivity index (χ4v) is 2.84. The molecule has 20 heavy (non-hydrogen) atoms. The van der Waals surface area contributed by atoms with Gasteiger partial charge in [0.15, 0.2) is 0 Å². The number of amides is 1. The van der Waals surface area contributed by atoms with Gasteiger partial charge in [0, 0.05) is 23.4 Å². The van der Waals surface area contributed by atoms with Crippen molar-refractivity contribution in [3.63, 3.8) is 0 Å². The van der Waals surface area contributed by atoms with Crippen LogP contribution >= 0.6 is 11.8 Å². The first-order valence-electron chi connectivity index (χ1n) is 6.60. The third-order valence-corrected chi connectivity index (χ3v) is 4.00. The van der Waals surface area contributed by atoms with Crippen molar-refractivity contribution >= 4 is 34.3 Å². The largest absolute Gasteiger partial charge is 0.383 e. The van der Waals surface area contributed by atoms with Crippen molar-refractivity contribution in [1.29, 1.82) is 0 Å². The van der Waals surface area contributed by atoms with E-state index in [1.807, 2.05) is 30.5 Å². The van der Waals surface area contributed by atoms with Gasteiger partial charge < -0.3 is 11.1 Å². The Morgan fingerprint density at radius 1 is 1.40 bits per heavy atom. The molecule has 0 aliphatic carbocycles. The summed E-state index contributed by atoms with van der Waals surface area (Å²) in [6, 6.07) is 7.75. The molecule has 1 heterocycles. The highest BCUT2D eigenvalue weighted by atomic mass is 32.2. The highest BCUT2D eigenvalue weighted by molar-refractivity contribution is 7.98. The van der Waals surface area contributed by atoms with Gasteiger partial charge in [-0.15, -0.1) is 0 Å². The van der Waals surface area contributed by atoms with Gasteiger partial charge in [0.25, 0.3) is 5.91 Å². The summed E-state index contributed by atoms with van der Waals surface area (Å²) in [5.74, 6) is 1.27.